The Morgan fingerprint density at radius 3 is 2.73 bits per heavy atom. The van der Waals surface area contributed by atoms with E-state index in [0.29, 0.717) is 12.2 Å². The highest BCUT2D eigenvalue weighted by atomic mass is 79.9. The highest BCUT2D eigenvalue weighted by molar-refractivity contribution is 9.10. The van der Waals surface area contributed by atoms with E-state index in [1.165, 1.54) is 7.11 Å². The standard InChI is InChI=1S/C11H13BrO3/c1-3-15-11-5-4-8(6-9(11)12)10(13)7-14-2/h4-6H,3,7H2,1-2H3. The van der Waals surface area contributed by atoms with E-state index in [1.54, 1.807) is 18.2 Å². The van der Waals surface area contributed by atoms with Crippen molar-refractivity contribution in [3.05, 3.63) is 28.2 Å². The van der Waals surface area contributed by atoms with Crippen molar-refractivity contribution >= 4 is 21.7 Å². The maximum atomic E-state index is 11.5. The number of methoxy groups -OCH3 is 1. The first kappa shape index (κ1) is 12.2. The molecule has 0 saturated heterocycles. The van der Waals surface area contributed by atoms with Gasteiger partial charge in [-0.3, -0.25) is 4.79 Å². The second-order valence-electron chi connectivity index (χ2n) is 2.93. The summed E-state index contributed by atoms with van der Waals surface area (Å²) in [4.78, 5) is 11.5. The van der Waals surface area contributed by atoms with Crippen molar-refractivity contribution in [1.29, 1.82) is 0 Å². The lowest BCUT2D eigenvalue weighted by molar-refractivity contribution is 0.0848. The van der Waals surface area contributed by atoms with Crippen molar-refractivity contribution in [2.24, 2.45) is 0 Å². The minimum absolute atomic E-state index is 0.0405. The van der Waals surface area contributed by atoms with Crippen molar-refractivity contribution in [3.8, 4) is 5.75 Å². The first-order valence-corrected chi connectivity index (χ1v) is 5.42. The van der Waals surface area contributed by atoms with Crippen LogP contribution < -0.4 is 4.74 Å². The van der Waals surface area contributed by atoms with Gasteiger partial charge in [0.1, 0.15) is 12.4 Å². The zero-order valence-electron chi connectivity index (χ0n) is 8.75. The SMILES string of the molecule is CCOc1ccc(C(=O)COC)cc1Br. The zero-order valence-corrected chi connectivity index (χ0v) is 10.3. The van der Waals surface area contributed by atoms with Crippen molar-refractivity contribution in [3.63, 3.8) is 0 Å². The molecule has 0 N–H and O–H groups in total. The quantitative estimate of drug-likeness (QED) is 0.774. The van der Waals surface area contributed by atoms with Crippen LogP contribution in [-0.4, -0.2) is 26.1 Å². The highest BCUT2D eigenvalue weighted by Crippen LogP contribution is 2.26. The van der Waals surface area contributed by atoms with Gasteiger partial charge >= 0.3 is 0 Å². The normalized spacial score (nSPS) is 10.1. The van der Waals surface area contributed by atoms with Gasteiger partial charge in [0.25, 0.3) is 0 Å². The molecule has 0 aliphatic rings. The average molecular weight is 273 g/mol. The Bertz CT molecular complexity index is 350. The van der Waals surface area contributed by atoms with Gasteiger partial charge in [-0.05, 0) is 41.1 Å². The first-order chi connectivity index (χ1) is 7.19. The van der Waals surface area contributed by atoms with E-state index < -0.39 is 0 Å². The van der Waals surface area contributed by atoms with E-state index in [2.05, 4.69) is 15.9 Å². The number of carbonyl (C=O) groups is 1. The van der Waals surface area contributed by atoms with Gasteiger partial charge in [-0.15, -0.1) is 0 Å². The second-order valence-corrected chi connectivity index (χ2v) is 3.79. The molecular formula is C11H13BrO3. The van der Waals surface area contributed by atoms with Gasteiger partial charge in [-0.25, -0.2) is 0 Å². The molecule has 3 nitrogen and oxygen atoms in total. The summed E-state index contributed by atoms with van der Waals surface area (Å²) < 4.78 is 10.9. The Kier molecular flexibility index (Phi) is 4.78. The van der Waals surface area contributed by atoms with Crippen molar-refractivity contribution < 1.29 is 14.3 Å². The number of ketones is 1. The van der Waals surface area contributed by atoms with E-state index in [-0.39, 0.29) is 12.4 Å². The predicted molar refractivity (Wildman–Crippen MR) is 61.5 cm³/mol. The van der Waals surface area contributed by atoms with Crippen molar-refractivity contribution in [2.45, 2.75) is 6.92 Å². The van der Waals surface area contributed by atoms with Gasteiger partial charge in [0.15, 0.2) is 5.78 Å². The number of benzene rings is 1. The number of hydrogen-bond donors (Lipinski definition) is 0. The van der Waals surface area contributed by atoms with Crippen LogP contribution in [0.3, 0.4) is 0 Å². The molecule has 0 radical (unpaired) electrons. The van der Waals surface area contributed by atoms with Crippen molar-refractivity contribution in [2.75, 3.05) is 20.3 Å². The Hall–Kier alpha value is -0.870. The molecule has 0 atom stereocenters. The van der Waals surface area contributed by atoms with Crippen LogP contribution in [-0.2, 0) is 4.74 Å². The topological polar surface area (TPSA) is 35.5 Å². The summed E-state index contributed by atoms with van der Waals surface area (Å²) in [6.45, 7) is 2.61. The largest absolute Gasteiger partial charge is 0.493 e. The molecule has 0 aliphatic heterocycles. The minimum atomic E-state index is -0.0405. The van der Waals surface area contributed by atoms with Gasteiger partial charge in [0.2, 0.25) is 0 Å². The summed E-state index contributed by atoms with van der Waals surface area (Å²) in [6, 6.07) is 5.25. The van der Waals surface area contributed by atoms with Gasteiger partial charge in [0.05, 0.1) is 11.1 Å². The molecule has 0 unspecified atom stereocenters. The lowest BCUT2D eigenvalue weighted by atomic mass is 10.1. The third kappa shape index (κ3) is 3.32. The van der Waals surface area contributed by atoms with E-state index in [1.807, 2.05) is 6.92 Å². The molecule has 0 spiro atoms. The zero-order chi connectivity index (χ0) is 11.3. The Morgan fingerprint density at radius 1 is 1.47 bits per heavy atom. The Labute approximate surface area is 97.5 Å². The molecule has 15 heavy (non-hydrogen) atoms. The molecule has 0 aliphatic carbocycles. The van der Waals surface area contributed by atoms with Crippen LogP contribution in [0.2, 0.25) is 0 Å². The molecule has 0 amide bonds. The highest BCUT2D eigenvalue weighted by Gasteiger charge is 2.08. The van der Waals surface area contributed by atoms with E-state index in [0.717, 1.165) is 10.2 Å². The molecular weight excluding hydrogens is 260 g/mol. The molecule has 1 rings (SSSR count). The molecule has 0 aromatic heterocycles. The summed E-state index contributed by atoms with van der Waals surface area (Å²) in [5, 5.41) is 0. The fourth-order valence-corrected chi connectivity index (χ4v) is 1.65. The molecule has 4 heteroatoms. The molecule has 1 aromatic carbocycles. The van der Waals surface area contributed by atoms with E-state index in [9.17, 15) is 4.79 Å². The van der Waals surface area contributed by atoms with Crippen LogP contribution >= 0.6 is 15.9 Å². The van der Waals surface area contributed by atoms with Crippen LogP contribution in [0.4, 0.5) is 0 Å². The average Bonchev–Trinajstić information content (AvgIpc) is 2.21. The van der Waals surface area contributed by atoms with E-state index >= 15 is 0 Å². The smallest absolute Gasteiger partial charge is 0.188 e. The molecule has 0 saturated carbocycles. The molecule has 0 fully saturated rings. The monoisotopic (exact) mass is 272 g/mol. The van der Waals surface area contributed by atoms with Crippen molar-refractivity contribution in [1.82, 2.24) is 0 Å². The van der Waals surface area contributed by atoms with Crippen LogP contribution in [0.1, 0.15) is 17.3 Å². The van der Waals surface area contributed by atoms with Crippen LogP contribution in [0.25, 0.3) is 0 Å². The number of carbonyl (C=O) groups excluding carboxylic acids is 1. The first-order valence-electron chi connectivity index (χ1n) is 4.63. The maximum absolute atomic E-state index is 11.5. The number of ether oxygens (including phenoxy) is 2. The second kappa shape index (κ2) is 5.88. The number of hydrogen-bond acceptors (Lipinski definition) is 3. The Morgan fingerprint density at radius 2 is 2.20 bits per heavy atom. The molecule has 0 heterocycles. The van der Waals surface area contributed by atoms with Gasteiger partial charge in [0, 0.05) is 12.7 Å². The summed E-state index contributed by atoms with van der Waals surface area (Å²) >= 11 is 3.35. The summed E-state index contributed by atoms with van der Waals surface area (Å²) in [6.07, 6.45) is 0. The lowest BCUT2D eigenvalue weighted by Crippen LogP contribution is -2.07. The van der Waals surface area contributed by atoms with Crippen LogP contribution in [0.15, 0.2) is 22.7 Å². The van der Waals surface area contributed by atoms with Crippen LogP contribution in [0, 0.1) is 0 Å². The molecule has 82 valence electrons. The Balaban J connectivity index is 2.86. The van der Waals surface area contributed by atoms with Crippen LogP contribution in [0.5, 0.6) is 5.75 Å². The molecule has 1 aromatic rings. The number of Topliss-reactive ketones (excluding diaryl/α,β-unsaturated/α-hetero) is 1. The third-order valence-corrected chi connectivity index (χ3v) is 2.45. The molecule has 0 bridgehead atoms. The van der Waals surface area contributed by atoms with Gasteiger partial charge in [-0.2, -0.15) is 0 Å². The summed E-state index contributed by atoms with van der Waals surface area (Å²) in [7, 11) is 1.50. The fourth-order valence-electron chi connectivity index (χ4n) is 1.16. The fraction of sp³-hybridized carbons (Fsp3) is 0.364. The lowest BCUT2D eigenvalue weighted by Gasteiger charge is -2.07. The van der Waals surface area contributed by atoms with Gasteiger partial charge < -0.3 is 9.47 Å². The number of halogens is 1. The van der Waals surface area contributed by atoms with E-state index in [4.69, 9.17) is 9.47 Å². The predicted octanol–water partition coefficient (Wildman–Crippen LogP) is 2.68. The maximum Gasteiger partial charge on any atom is 0.188 e. The minimum Gasteiger partial charge on any atom is -0.493 e. The summed E-state index contributed by atoms with van der Waals surface area (Å²) in [5.74, 6) is 0.702. The van der Waals surface area contributed by atoms with Gasteiger partial charge in [-0.1, -0.05) is 0 Å². The third-order valence-electron chi connectivity index (χ3n) is 1.83. The number of rotatable bonds is 5. The summed E-state index contributed by atoms with van der Waals surface area (Å²) in [5.41, 5.74) is 0.618.